The minimum Gasteiger partial charge on any atom is -0.316 e. The van der Waals surface area contributed by atoms with Crippen LogP contribution >= 0.6 is 0 Å². The van der Waals surface area contributed by atoms with Gasteiger partial charge in [-0.15, -0.1) is 0 Å². The predicted octanol–water partition coefficient (Wildman–Crippen LogP) is 3.67. The van der Waals surface area contributed by atoms with Crippen molar-refractivity contribution >= 4 is 0 Å². The number of hydrogen-bond acceptors (Lipinski definition) is 2. The highest BCUT2D eigenvalue weighted by atomic mass is 15.3. The van der Waals surface area contributed by atoms with E-state index in [0.29, 0.717) is 11.3 Å². The Kier molecular flexibility index (Phi) is 6.74. The van der Waals surface area contributed by atoms with Gasteiger partial charge in [0.1, 0.15) is 0 Å². The van der Waals surface area contributed by atoms with Crippen molar-refractivity contribution in [1.82, 2.24) is 15.1 Å². The molecule has 1 unspecified atom stereocenters. The molecule has 0 bridgehead atoms. The largest absolute Gasteiger partial charge is 0.316 e. The molecule has 1 aromatic rings. The Morgan fingerprint density at radius 2 is 2.00 bits per heavy atom. The maximum absolute atomic E-state index is 4.67. The van der Waals surface area contributed by atoms with E-state index in [0.717, 1.165) is 32.5 Å². The van der Waals surface area contributed by atoms with Crippen molar-refractivity contribution in [3.63, 3.8) is 0 Å². The van der Waals surface area contributed by atoms with Gasteiger partial charge in [0.25, 0.3) is 0 Å². The first kappa shape index (κ1) is 17.2. The van der Waals surface area contributed by atoms with Gasteiger partial charge in [0, 0.05) is 18.8 Å². The lowest BCUT2D eigenvalue weighted by Crippen LogP contribution is -2.35. The van der Waals surface area contributed by atoms with Crippen molar-refractivity contribution in [1.29, 1.82) is 0 Å². The molecule has 0 saturated heterocycles. The molecule has 1 N–H and O–H groups in total. The summed E-state index contributed by atoms with van der Waals surface area (Å²) < 4.78 is 2.18. The molecule has 0 amide bonds. The number of rotatable bonds is 9. The molecule has 1 rings (SSSR count). The van der Waals surface area contributed by atoms with Gasteiger partial charge in [0.2, 0.25) is 0 Å². The zero-order chi connectivity index (χ0) is 15.2. The van der Waals surface area contributed by atoms with Crippen molar-refractivity contribution in [2.75, 3.05) is 13.1 Å². The summed E-state index contributed by atoms with van der Waals surface area (Å²) in [5, 5.41) is 8.30. The number of nitrogens with zero attached hydrogens (tertiary/aromatic N) is 2. The SMILES string of the molecule is CCc1cc(CC(C)(CC)CNCC(C)C)n(CC)n1. The van der Waals surface area contributed by atoms with Crippen LogP contribution in [0.4, 0.5) is 0 Å². The standard InChI is InChI=1S/C17H33N3/c1-7-15-10-16(20(9-3)19-15)11-17(6,8-2)13-18-12-14(4)5/h10,14,18H,7-9,11-13H2,1-6H3. The maximum Gasteiger partial charge on any atom is 0.0624 e. The molecule has 0 fully saturated rings. The van der Waals surface area contributed by atoms with E-state index in [9.17, 15) is 0 Å². The van der Waals surface area contributed by atoms with Crippen molar-refractivity contribution < 1.29 is 0 Å². The molecular weight excluding hydrogens is 246 g/mol. The summed E-state index contributed by atoms with van der Waals surface area (Å²) in [5.74, 6) is 0.712. The molecule has 0 saturated carbocycles. The summed E-state index contributed by atoms with van der Waals surface area (Å²) in [6, 6.07) is 2.29. The van der Waals surface area contributed by atoms with Crippen LogP contribution in [0.25, 0.3) is 0 Å². The number of aromatic nitrogens is 2. The zero-order valence-corrected chi connectivity index (χ0v) is 14.3. The van der Waals surface area contributed by atoms with Crippen molar-refractivity contribution in [2.45, 2.75) is 67.3 Å². The highest BCUT2D eigenvalue weighted by Gasteiger charge is 2.24. The Hall–Kier alpha value is -0.830. The highest BCUT2D eigenvalue weighted by molar-refractivity contribution is 5.12. The predicted molar refractivity (Wildman–Crippen MR) is 87.1 cm³/mol. The Labute approximate surface area is 125 Å². The Morgan fingerprint density at radius 3 is 2.50 bits per heavy atom. The number of hydrogen-bond donors (Lipinski definition) is 1. The van der Waals surface area contributed by atoms with Crippen molar-refractivity contribution in [3.05, 3.63) is 17.5 Å². The molecule has 3 heteroatoms. The molecule has 0 aliphatic carbocycles. The van der Waals surface area contributed by atoms with Crippen LogP contribution in [0.15, 0.2) is 6.07 Å². The van der Waals surface area contributed by atoms with Gasteiger partial charge in [-0.1, -0.05) is 34.6 Å². The van der Waals surface area contributed by atoms with E-state index < -0.39 is 0 Å². The second-order valence-electron chi connectivity index (χ2n) is 6.66. The van der Waals surface area contributed by atoms with Gasteiger partial charge in [-0.2, -0.15) is 5.10 Å². The van der Waals surface area contributed by atoms with Crippen LogP contribution in [0, 0.1) is 11.3 Å². The third kappa shape index (κ3) is 4.93. The van der Waals surface area contributed by atoms with Gasteiger partial charge < -0.3 is 5.32 Å². The molecule has 0 aliphatic rings. The summed E-state index contributed by atoms with van der Waals surface area (Å²) in [5.41, 5.74) is 2.92. The van der Waals surface area contributed by atoms with Gasteiger partial charge in [-0.3, -0.25) is 4.68 Å². The van der Waals surface area contributed by atoms with Gasteiger partial charge in [0.05, 0.1) is 5.69 Å². The smallest absolute Gasteiger partial charge is 0.0624 e. The van der Waals surface area contributed by atoms with Crippen LogP contribution in [0.3, 0.4) is 0 Å². The molecular formula is C17H33N3. The van der Waals surface area contributed by atoms with E-state index in [-0.39, 0.29) is 0 Å². The van der Waals surface area contributed by atoms with Crippen LogP contribution in [-0.4, -0.2) is 22.9 Å². The first-order valence-corrected chi connectivity index (χ1v) is 8.20. The van der Waals surface area contributed by atoms with Gasteiger partial charge >= 0.3 is 0 Å². The molecule has 0 radical (unpaired) electrons. The molecule has 20 heavy (non-hydrogen) atoms. The Bertz CT molecular complexity index is 395. The third-order valence-corrected chi connectivity index (χ3v) is 4.14. The molecule has 116 valence electrons. The van der Waals surface area contributed by atoms with Crippen LogP contribution < -0.4 is 5.32 Å². The summed E-state index contributed by atoms with van der Waals surface area (Å²) in [4.78, 5) is 0. The summed E-state index contributed by atoms with van der Waals surface area (Å²) >= 11 is 0. The molecule has 3 nitrogen and oxygen atoms in total. The average molecular weight is 279 g/mol. The first-order chi connectivity index (χ1) is 9.44. The summed E-state index contributed by atoms with van der Waals surface area (Å²) in [7, 11) is 0. The molecule has 0 aromatic carbocycles. The van der Waals surface area contributed by atoms with Crippen molar-refractivity contribution in [3.8, 4) is 0 Å². The van der Waals surface area contributed by atoms with E-state index in [4.69, 9.17) is 0 Å². The minimum atomic E-state index is 0.312. The fourth-order valence-electron chi connectivity index (χ4n) is 2.52. The third-order valence-electron chi connectivity index (χ3n) is 4.14. The van der Waals surface area contributed by atoms with E-state index in [1.807, 2.05) is 0 Å². The lowest BCUT2D eigenvalue weighted by atomic mass is 9.82. The Balaban J connectivity index is 2.73. The molecule has 1 heterocycles. The molecule has 1 atom stereocenters. The second kappa shape index (κ2) is 7.82. The van der Waals surface area contributed by atoms with E-state index >= 15 is 0 Å². The zero-order valence-electron chi connectivity index (χ0n) is 14.3. The highest BCUT2D eigenvalue weighted by Crippen LogP contribution is 2.26. The number of nitrogens with one attached hydrogen (secondary N) is 1. The Morgan fingerprint density at radius 1 is 1.30 bits per heavy atom. The fourth-order valence-corrected chi connectivity index (χ4v) is 2.52. The molecule has 1 aromatic heterocycles. The normalized spacial score (nSPS) is 14.8. The van der Waals surface area contributed by atoms with Gasteiger partial charge in [0.15, 0.2) is 0 Å². The topological polar surface area (TPSA) is 29.9 Å². The molecule has 0 aliphatic heterocycles. The van der Waals surface area contributed by atoms with E-state index in [2.05, 4.69) is 62.7 Å². The average Bonchev–Trinajstić information content (AvgIpc) is 2.80. The van der Waals surface area contributed by atoms with Gasteiger partial charge in [-0.25, -0.2) is 0 Å². The second-order valence-corrected chi connectivity index (χ2v) is 6.66. The van der Waals surface area contributed by atoms with Crippen LogP contribution in [0.1, 0.15) is 59.4 Å². The maximum atomic E-state index is 4.67. The van der Waals surface area contributed by atoms with Crippen LogP contribution in [0.2, 0.25) is 0 Å². The fraction of sp³-hybridized carbons (Fsp3) is 0.824. The molecule has 0 spiro atoms. The minimum absolute atomic E-state index is 0.312. The summed E-state index contributed by atoms with van der Waals surface area (Å²) in [6.07, 6.45) is 3.32. The lowest BCUT2D eigenvalue weighted by Gasteiger charge is -2.29. The monoisotopic (exact) mass is 279 g/mol. The quantitative estimate of drug-likeness (QED) is 0.747. The van der Waals surface area contributed by atoms with Crippen LogP contribution in [0.5, 0.6) is 0 Å². The summed E-state index contributed by atoms with van der Waals surface area (Å²) in [6.45, 7) is 16.7. The van der Waals surface area contributed by atoms with Crippen LogP contribution in [-0.2, 0) is 19.4 Å². The van der Waals surface area contributed by atoms with Crippen molar-refractivity contribution in [2.24, 2.45) is 11.3 Å². The lowest BCUT2D eigenvalue weighted by molar-refractivity contribution is 0.278. The van der Waals surface area contributed by atoms with Gasteiger partial charge in [-0.05, 0) is 50.1 Å². The van der Waals surface area contributed by atoms with E-state index in [1.165, 1.54) is 17.8 Å². The number of aryl methyl sites for hydroxylation is 2. The van der Waals surface area contributed by atoms with E-state index in [1.54, 1.807) is 0 Å². The first-order valence-electron chi connectivity index (χ1n) is 8.20.